The normalized spacial score (nSPS) is 25.3. The van der Waals surface area contributed by atoms with Gasteiger partial charge in [-0.3, -0.25) is 28.2 Å². The van der Waals surface area contributed by atoms with E-state index in [9.17, 15) is 74.6 Å². The molecule has 0 spiro atoms. The van der Waals surface area contributed by atoms with Gasteiger partial charge in [-0.05, 0) is 77.0 Å². The van der Waals surface area contributed by atoms with Crippen LogP contribution in [-0.2, 0) is 70.7 Å². The lowest BCUT2D eigenvalue weighted by Crippen LogP contribution is -2.70. The molecule has 0 bridgehead atoms. The van der Waals surface area contributed by atoms with E-state index < -0.39 is 162 Å². The number of allylic oxidation sites excluding steroid dienone is 4. The monoisotopic (exact) mass is 1660 g/mol. The fourth-order valence-corrected chi connectivity index (χ4v) is 16.0. The molecule has 0 aromatic rings. The molecule has 18 unspecified atom stereocenters. The zero-order valence-electron chi connectivity index (χ0n) is 71.6. The molecule has 18 atom stereocenters. The van der Waals surface area contributed by atoms with Crippen LogP contribution in [0.4, 0.5) is 0 Å². The summed E-state index contributed by atoms with van der Waals surface area (Å²) in [7, 11) is -5.81. The fourth-order valence-electron chi connectivity index (χ4n) is 15.1. The Morgan fingerprint density at radius 2 is 0.652 bits per heavy atom. The molecule has 1 aliphatic carbocycles. The number of unbranched alkanes of at least 4 members (excludes halogenated alkanes) is 46. The molecule has 1 saturated carbocycles. The molecule has 3 fully saturated rings. The van der Waals surface area contributed by atoms with Crippen molar-refractivity contribution in [3.63, 3.8) is 0 Å². The molecular formula is C89H163O25P. The van der Waals surface area contributed by atoms with Crippen molar-refractivity contribution in [2.45, 2.75) is 491 Å². The van der Waals surface area contributed by atoms with Gasteiger partial charge in [0.15, 0.2) is 24.8 Å². The first-order chi connectivity index (χ1) is 55.7. The first-order valence-corrected chi connectivity index (χ1v) is 47.6. The van der Waals surface area contributed by atoms with E-state index in [-0.39, 0.29) is 25.7 Å². The van der Waals surface area contributed by atoms with E-state index in [2.05, 4.69) is 52.0 Å². The van der Waals surface area contributed by atoms with Crippen LogP contribution in [0.3, 0.4) is 0 Å². The summed E-state index contributed by atoms with van der Waals surface area (Å²) in [5.41, 5.74) is 0. The Morgan fingerprint density at radius 1 is 0.339 bits per heavy atom. The fraction of sp³-hybridized carbons (Fsp3) is 0.910. The molecule has 0 aromatic heterocycles. The van der Waals surface area contributed by atoms with Crippen molar-refractivity contribution in [2.75, 3.05) is 26.4 Å². The van der Waals surface area contributed by atoms with Gasteiger partial charge in [-0.1, -0.05) is 309 Å². The smallest absolute Gasteiger partial charge is 0.463 e. The first-order valence-electron chi connectivity index (χ1n) is 46.1. The number of esters is 4. The maximum atomic E-state index is 14.9. The van der Waals surface area contributed by atoms with E-state index in [1.165, 1.54) is 154 Å². The topological polar surface area (TPSA) is 380 Å². The molecular weight excluding hydrogens is 1500 g/mol. The molecule has 3 aliphatic rings. The van der Waals surface area contributed by atoms with Crippen LogP contribution < -0.4 is 0 Å². The summed E-state index contributed by atoms with van der Waals surface area (Å²) in [4.78, 5) is 66.3. The van der Waals surface area contributed by atoms with Gasteiger partial charge in [-0.15, -0.1) is 0 Å². The molecule has 674 valence electrons. The van der Waals surface area contributed by atoms with Gasteiger partial charge in [-0.25, -0.2) is 4.57 Å². The number of carbonyl (C=O) groups is 4. The van der Waals surface area contributed by atoms with Crippen molar-refractivity contribution >= 4 is 31.7 Å². The third-order valence-electron chi connectivity index (χ3n) is 22.4. The number of aliphatic hydroxyl groups excluding tert-OH is 9. The molecule has 26 heteroatoms. The SMILES string of the molecule is CCCCCC/C=C\CCCCCCCCCC(=O)OC(COC(=O)CCCCC/C=C\CCCCCCCC)COP(=O)(O)OC1C(OC2OC(CO)C(O)C(O)C2O)C(O)C(O)C(OC(=O)CCCCCCCCCCCCCCCCC)C1OC1OC(COC(=O)CCCCCCCCCCCCCCC)C(O)C(O)C1O. The molecule has 0 radical (unpaired) electrons. The largest absolute Gasteiger partial charge is 0.472 e. The zero-order valence-corrected chi connectivity index (χ0v) is 72.5. The Bertz CT molecular complexity index is 2490. The summed E-state index contributed by atoms with van der Waals surface area (Å²) in [6.07, 6.45) is 27.5. The van der Waals surface area contributed by atoms with Gasteiger partial charge in [-0.2, -0.15) is 0 Å². The number of hydrogen-bond acceptors (Lipinski definition) is 24. The van der Waals surface area contributed by atoms with E-state index in [0.717, 1.165) is 141 Å². The van der Waals surface area contributed by atoms with Gasteiger partial charge in [0.25, 0.3) is 0 Å². The molecule has 10 N–H and O–H groups in total. The molecule has 0 amide bonds. The van der Waals surface area contributed by atoms with Crippen LogP contribution in [0.15, 0.2) is 24.3 Å². The third-order valence-corrected chi connectivity index (χ3v) is 23.4. The van der Waals surface area contributed by atoms with E-state index in [1.54, 1.807) is 0 Å². The summed E-state index contributed by atoms with van der Waals surface area (Å²) >= 11 is 0. The van der Waals surface area contributed by atoms with Crippen molar-refractivity contribution in [3.8, 4) is 0 Å². The number of hydrogen-bond donors (Lipinski definition) is 10. The molecule has 2 heterocycles. The van der Waals surface area contributed by atoms with Crippen LogP contribution in [0.1, 0.15) is 387 Å². The lowest BCUT2D eigenvalue weighted by atomic mass is 9.84. The van der Waals surface area contributed by atoms with Crippen molar-refractivity contribution in [3.05, 3.63) is 24.3 Å². The van der Waals surface area contributed by atoms with Crippen molar-refractivity contribution in [2.24, 2.45) is 0 Å². The summed E-state index contributed by atoms with van der Waals surface area (Å²) in [5.74, 6) is -2.98. The van der Waals surface area contributed by atoms with E-state index in [1.807, 2.05) is 0 Å². The number of aliphatic hydroxyl groups is 9. The summed E-state index contributed by atoms with van der Waals surface area (Å²) in [5, 5.41) is 102. The van der Waals surface area contributed by atoms with E-state index in [4.69, 9.17) is 46.9 Å². The number of phosphoric ester groups is 1. The zero-order chi connectivity index (χ0) is 84.0. The quantitative estimate of drug-likeness (QED) is 0.00889. The lowest BCUT2D eigenvalue weighted by Gasteiger charge is -2.50. The predicted molar refractivity (Wildman–Crippen MR) is 444 cm³/mol. The molecule has 3 rings (SSSR count). The summed E-state index contributed by atoms with van der Waals surface area (Å²) in [6.45, 7) is 5.55. The lowest BCUT2D eigenvalue weighted by molar-refractivity contribution is -0.360. The molecule has 2 saturated heterocycles. The Kier molecular flexibility index (Phi) is 63.2. The molecule has 115 heavy (non-hydrogen) atoms. The van der Waals surface area contributed by atoms with Gasteiger partial charge in [0.2, 0.25) is 0 Å². The first kappa shape index (κ1) is 106. The minimum atomic E-state index is -5.81. The Balaban J connectivity index is 1.93. The van der Waals surface area contributed by atoms with Gasteiger partial charge in [0.1, 0.15) is 92.6 Å². The van der Waals surface area contributed by atoms with Crippen LogP contribution in [0.25, 0.3) is 0 Å². The van der Waals surface area contributed by atoms with Gasteiger partial charge >= 0.3 is 31.7 Å². The maximum absolute atomic E-state index is 14.9. The third kappa shape index (κ3) is 49.0. The Morgan fingerprint density at radius 3 is 1.05 bits per heavy atom. The number of ether oxygens (including phenoxy) is 8. The highest BCUT2D eigenvalue weighted by atomic mass is 31.2. The van der Waals surface area contributed by atoms with Crippen LogP contribution in [0.2, 0.25) is 0 Å². The van der Waals surface area contributed by atoms with Crippen molar-refractivity contribution < 1.29 is 122 Å². The Hall–Kier alpha value is -3.05. The van der Waals surface area contributed by atoms with Crippen LogP contribution in [0, 0.1) is 0 Å². The summed E-state index contributed by atoms with van der Waals surface area (Å²) < 4.78 is 73.3. The summed E-state index contributed by atoms with van der Waals surface area (Å²) in [6, 6.07) is 0. The number of rotatable bonds is 74. The number of carbonyl (C=O) groups excluding carboxylic acids is 4. The minimum Gasteiger partial charge on any atom is -0.463 e. The number of phosphoric acid groups is 1. The van der Waals surface area contributed by atoms with Gasteiger partial charge in [0, 0.05) is 25.7 Å². The molecule has 2 aliphatic heterocycles. The van der Waals surface area contributed by atoms with Gasteiger partial charge < -0.3 is 88.7 Å². The average Bonchev–Trinajstić information content (AvgIpc) is 0.750. The second kappa shape index (κ2) is 68.5. The standard InChI is InChI=1S/C89H163O25P/c1-5-9-13-17-21-25-29-33-35-39-43-47-51-55-59-63-74(93)108-69(66-105-72(91)61-57-53-49-45-41-37-31-27-23-19-15-11-7-3)67-107-115(103,104)114-87-85(112-88-82(101)78(97)76(95)70(65-90)109-88)81(100)80(99)84(111-75(94)64-60-56-52-48-44-40-36-34-30-26-22-18-14-10-6-2)86(87)113-89-83(102)79(98)77(96)71(110-89)68-106-73(92)62-58-54-50-46-42-38-32-28-24-20-16-12-8-4/h25,29,37,41,69-71,76-90,95-102H,5-24,26-28,30-36,38-40,42-68H2,1-4H3,(H,103,104)/b29-25-,41-37-. The van der Waals surface area contributed by atoms with Crippen molar-refractivity contribution in [1.82, 2.24) is 0 Å². The molecule has 0 aromatic carbocycles. The maximum Gasteiger partial charge on any atom is 0.472 e. The van der Waals surface area contributed by atoms with Crippen LogP contribution in [-0.4, -0.2) is 205 Å². The predicted octanol–water partition coefficient (Wildman–Crippen LogP) is 16.5. The Labute approximate surface area is 692 Å². The molecule has 25 nitrogen and oxygen atoms in total. The second-order valence-corrected chi connectivity index (χ2v) is 34.2. The van der Waals surface area contributed by atoms with Crippen LogP contribution >= 0.6 is 7.82 Å². The minimum absolute atomic E-state index is 0.0134. The average molecular weight is 1660 g/mol. The highest BCUT2D eigenvalue weighted by molar-refractivity contribution is 7.47. The second-order valence-electron chi connectivity index (χ2n) is 32.8. The highest BCUT2D eigenvalue weighted by Gasteiger charge is 2.60. The van der Waals surface area contributed by atoms with Crippen LogP contribution in [0.5, 0.6) is 0 Å². The van der Waals surface area contributed by atoms with Gasteiger partial charge in [0.05, 0.1) is 13.2 Å². The van der Waals surface area contributed by atoms with Crippen molar-refractivity contribution in [1.29, 1.82) is 0 Å². The highest BCUT2D eigenvalue weighted by Crippen LogP contribution is 2.49. The van der Waals surface area contributed by atoms with E-state index >= 15 is 0 Å². The van der Waals surface area contributed by atoms with E-state index in [0.29, 0.717) is 38.5 Å².